The summed E-state index contributed by atoms with van der Waals surface area (Å²) in [5.41, 5.74) is 1.36. The molecular weight excluding hydrogens is 268 g/mol. The molecule has 2 heteroatoms. The fourth-order valence-electron chi connectivity index (χ4n) is 0.871. The molecule has 0 amide bonds. The average molecular weight is 278 g/mol. The summed E-state index contributed by atoms with van der Waals surface area (Å²) in [5.74, 6) is 0.597. The molecule has 0 bridgehead atoms. The van der Waals surface area contributed by atoms with Crippen LogP contribution in [0, 0.1) is 0 Å². The van der Waals surface area contributed by atoms with Crippen LogP contribution in [0.25, 0.3) is 0 Å². The van der Waals surface area contributed by atoms with Gasteiger partial charge < -0.3 is 0 Å². The van der Waals surface area contributed by atoms with Crippen molar-refractivity contribution in [1.29, 1.82) is 0 Å². The molecule has 0 fully saturated rings. The maximum absolute atomic E-state index is 3.47. The molecule has 0 unspecified atom stereocenters. The zero-order chi connectivity index (χ0) is 8.43. The molecule has 0 aliphatic heterocycles. The second-order valence-corrected chi connectivity index (χ2v) is 4.54. The van der Waals surface area contributed by atoms with Crippen molar-refractivity contribution in [2.45, 2.75) is 19.8 Å². The van der Waals surface area contributed by atoms with Gasteiger partial charge in [0.05, 0.1) is 0 Å². The van der Waals surface area contributed by atoms with Gasteiger partial charge in [0.25, 0.3) is 0 Å². The minimum atomic E-state index is 0.597. The van der Waals surface area contributed by atoms with Crippen LogP contribution in [0.2, 0.25) is 0 Å². The minimum absolute atomic E-state index is 0.597. The molecule has 0 nitrogen and oxygen atoms in total. The maximum Gasteiger partial charge on any atom is 0.0320 e. The van der Waals surface area contributed by atoms with Crippen LogP contribution >= 0.6 is 31.9 Å². The van der Waals surface area contributed by atoms with Gasteiger partial charge in [-0.05, 0) is 55.5 Å². The van der Waals surface area contributed by atoms with Crippen LogP contribution in [0.4, 0.5) is 0 Å². The van der Waals surface area contributed by atoms with Crippen LogP contribution in [-0.2, 0) is 0 Å². The number of hydrogen-bond acceptors (Lipinski definition) is 0. The molecule has 1 rings (SSSR count). The fraction of sp³-hybridized carbons (Fsp3) is 0.333. The average Bonchev–Trinajstić information content (AvgIpc) is 1.94. The molecule has 1 aromatic rings. The first-order valence-electron chi connectivity index (χ1n) is 3.56. The SMILES string of the molecule is CC(C)c1ccc(Br)c(Br)c1. The first-order valence-corrected chi connectivity index (χ1v) is 5.15. The Morgan fingerprint density at radius 2 is 1.73 bits per heavy atom. The molecule has 0 saturated heterocycles. The Morgan fingerprint density at radius 3 is 2.18 bits per heavy atom. The maximum atomic E-state index is 3.47. The van der Waals surface area contributed by atoms with E-state index < -0.39 is 0 Å². The molecule has 0 heterocycles. The summed E-state index contributed by atoms with van der Waals surface area (Å²) >= 11 is 6.90. The van der Waals surface area contributed by atoms with E-state index >= 15 is 0 Å². The van der Waals surface area contributed by atoms with E-state index in [-0.39, 0.29) is 0 Å². The predicted molar refractivity (Wildman–Crippen MR) is 55.9 cm³/mol. The largest absolute Gasteiger partial charge is 0.0587 e. The van der Waals surface area contributed by atoms with E-state index in [1.54, 1.807) is 0 Å². The lowest BCUT2D eigenvalue weighted by molar-refractivity contribution is 0.865. The van der Waals surface area contributed by atoms with E-state index in [1.807, 2.05) is 0 Å². The lowest BCUT2D eigenvalue weighted by atomic mass is 10.0. The van der Waals surface area contributed by atoms with Crippen LogP contribution in [0.15, 0.2) is 27.1 Å². The van der Waals surface area contributed by atoms with E-state index in [9.17, 15) is 0 Å². The van der Waals surface area contributed by atoms with Gasteiger partial charge in [-0.25, -0.2) is 0 Å². The van der Waals surface area contributed by atoms with Crippen LogP contribution in [-0.4, -0.2) is 0 Å². The molecular formula is C9H10Br2. The summed E-state index contributed by atoms with van der Waals surface area (Å²) in [6.07, 6.45) is 0. The summed E-state index contributed by atoms with van der Waals surface area (Å²) in [7, 11) is 0. The van der Waals surface area contributed by atoms with E-state index in [2.05, 4.69) is 63.9 Å². The first-order chi connectivity index (χ1) is 5.11. The van der Waals surface area contributed by atoms with Crippen molar-refractivity contribution in [2.24, 2.45) is 0 Å². The predicted octanol–water partition coefficient (Wildman–Crippen LogP) is 4.34. The Hall–Kier alpha value is 0.180. The van der Waals surface area contributed by atoms with Gasteiger partial charge in [0.15, 0.2) is 0 Å². The molecule has 60 valence electrons. The van der Waals surface area contributed by atoms with Crippen LogP contribution in [0.1, 0.15) is 25.3 Å². The van der Waals surface area contributed by atoms with Gasteiger partial charge in [0.2, 0.25) is 0 Å². The first kappa shape index (κ1) is 9.27. The number of halogens is 2. The highest BCUT2D eigenvalue weighted by atomic mass is 79.9. The van der Waals surface area contributed by atoms with Gasteiger partial charge in [-0.2, -0.15) is 0 Å². The summed E-state index contributed by atoms with van der Waals surface area (Å²) < 4.78 is 2.24. The zero-order valence-electron chi connectivity index (χ0n) is 6.57. The van der Waals surface area contributed by atoms with E-state index in [0.29, 0.717) is 5.92 Å². The molecule has 0 aliphatic carbocycles. The van der Waals surface area contributed by atoms with E-state index in [1.165, 1.54) is 5.56 Å². The summed E-state index contributed by atoms with van der Waals surface area (Å²) in [6.45, 7) is 4.38. The van der Waals surface area contributed by atoms with Crippen molar-refractivity contribution in [1.82, 2.24) is 0 Å². The molecule has 0 atom stereocenters. The molecule has 0 aliphatic rings. The van der Waals surface area contributed by atoms with Gasteiger partial charge in [0, 0.05) is 8.95 Å². The van der Waals surface area contributed by atoms with Crippen molar-refractivity contribution in [3.63, 3.8) is 0 Å². The van der Waals surface area contributed by atoms with E-state index in [0.717, 1.165) is 8.95 Å². The van der Waals surface area contributed by atoms with Crippen LogP contribution in [0.5, 0.6) is 0 Å². The fourth-order valence-corrected chi connectivity index (χ4v) is 1.51. The van der Waals surface area contributed by atoms with Crippen molar-refractivity contribution in [2.75, 3.05) is 0 Å². The normalized spacial score (nSPS) is 10.6. The van der Waals surface area contributed by atoms with Gasteiger partial charge in [0.1, 0.15) is 0 Å². The Balaban J connectivity index is 3.05. The molecule has 11 heavy (non-hydrogen) atoms. The van der Waals surface area contributed by atoms with Crippen molar-refractivity contribution < 1.29 is 0 Å². The van der Waals surface area contributed by atoms with Gasteiger partial charge in [-0.1, -0.05) is 19.9 Å². The lowest BCUT2D eigenvalue weighted by Crippen LogP contribution is -1.86. The molecule has 0 N–H and O–H groups in total. The van der Waals surface area contributed by atoms with E-state index in [4.69, 9.17) is 0 Å². The van der Waals surface area contributed by atoms with Crippen LogP contribution < -0.4 is 0 Å². The topological polar surface area (TPSA) is 0 Å². The summed E-state index contributed by atoms with van der Waals surface area (Å²) in [6, 6.07) is 6.35. The molecule has 0 aromatic heterocycles. The lowest BCUT2D eigenvalue weighted by Gasteiger charge is -2.05. The third kappa shape index (κ3) is 2.31. The number of rotatable bonds is 1. The summed E-state index contributed by atoms with van der Waals surface area (Å²) in [5, 5.41) is 0. The van der Waals surface area contributed by atoms with Gasteiger partial charge >= 0.3 is 0 Å². The minimum Gasteiger partial charge on any atom is -0.0587 e. The molecule has 1 aromatic carbocycles. The van der Waals surface area contributed by atoms with Crippen molar-refractivity contribution in [3.05, 3.63) is 32.7 Å². The molecule has 0 radical (unpaired) electrons. The van der Waals surface area contributed by atoms with Gasteiger partial charge in [-0.3, -0.25) is 0 Å². The summed E-state index contributed by atoms with van der Waals surface area (Å²) in [4.78, 5) is 0. The number of hydrogen-bond donors (Lipinski definition) is 0. The zero-order valence-corrected chi connectivity index (χ0v) is 9.74. The highest BCUT2D eigenvalue weighted by Gasteiger charge is 2.01. The third-order valence-electron chi connectivity index (χ3n) is 1.61. The second kappa shape index (κ2) is 3.72. The Kier molecular flexibility index (Phi) is 3.14. The smallest absolute Gasteiger partial charge is 0.0320 e. The second-order valence-electron chi connectivity index (χ2n) is 2.83. The van der Waals surface area contributed by atoms with Gasteiger partial charge in [-0.15, -0.1) is 0 Å². The number of benzene rings is 1. The highest BCUT2D eigenvalue weighted by Crippen LogP contribution is 2.26. The standard InChI is InChI=1S/C9H10Br2/c1-6(2)7-3-4-8(10)9(11)5-7/h3-6H,1-2H3. The molecule has 0 saturated carbocycles. The molecule has 0 spiro atoms. The van der Waals surface area contributed by atoms with Crippen molar-refractivity contribution >= 4 is 31.9 Å². The monoisotopic (exact) mass is 276 g/mol. The highest BCUT2D eigenvalue weighted by molar-refractivity contribution is 9.13. The quantitative estimate of drug-likeness (QED) is 0.717. The Labute approximate surface area is 84.3 Å². The Morgan fingerprint density at radius 1 is 1.09 bits per heavy atom. The van der Waals surface area contributed by atoms with Crippen LogP contribution in [0.3, 0.4) is 0 Å². The Bertz CT molecular complexity index is 254. The van der Waals surface area contributed by atoms with Crippen molar-refractivity contribution in [3.8, 4) is 0 Å². The third-order valence-corrected chi connectivity index (χ3v) is 3.49.